The highest BCUT2D eigenvalue weighted by Gasteiger charge is 2.12. The molecule has 0 unspecified atom stereocenters. The maximum Gasteiger partial charge on any atom is 0.231 e. The zero-order chi connectivity index (χ0) is 10.8. The Morgan fingerprint density at radius 3 is 3.12 bits per heavy atom. The van der Waals surface area contributed by atoms with Gasteiger partial charge in [0.2, 0.25) is 6.79 Å². The topological polar surface area (TPSA) is 61.5 Å². The first-order valence-electron chi connectivity index (χ1n) is 4.70. The molecule has 0 spiro atoms. The van der Waals surface area contributed by atoms with Crippen molar-refractivity contribution in [3.63, 3.8) is 0 Å². The second-order valence-corrected chi connectivity index (χ2v) is 3.17. The van der Waals surface area contributed by atoms with E-state index < -0.39 is 0 Å². The van der Waals surface area contributed by atoms with E-state index in [1.807, 2.05) is 18.2 Å². The van der Waals surface area contributed by atoms with Gasteiger partial charge in [0.25, 0.3) is 0 Å². The molecule has 2 aromatic rings. The lowest BCUT2D eigenvalue weighted by molar-refractivity contribution is 0.174. The molecule has 2 heterocycles. The second kappa shape index (κ2) is 3.65. The van der Waals surface area contributed by atoms with Crippen LogP contribution in [0.5, 0.6) is 11.5 Å². The first-order chi connectivity index (χ1) is 7.92. The van der Waals surface area contributed by atoms with Crippen LogP contribution in [0.1, 0.15) is 5.56 Å². The van der Waals surface area contributed by atoms with Crippen LogP contribution in [0, 0.1) is 0 Å². The summed E-state index contributed by atoms with van der Waals surface area (Å²) in [6.07, 6.45) is 4.62. The largest absolute Gasteiger partial charge is 0.454 e. The van der Waals surface area contributed by atoms with E-state index in [1.54, 1.807) is 6.21 Å². The normalized spacial score (nSPS) is 13.5. The van der Waals surface area contributed by atoms with Gasteiger partial charge in [0.15, 0.2) is 11.5 Å². The quantitative estimate of drug-likeness (QED) is 0.699. The van der Waals surface area contributed by atoms with Crippen LogP contribution in [0.15, 0.2) is 36.0 Å². The first kappa shape index (κ1) is 8.90. The van der Waals surface area contributed by atoms with Gasteiger partial charge in [-0.1, -0.05) is 0 Å². The zero-order valence-corrected chi connectivity index (χ0v) is 8.28. The summed E-state index contributed by atoms with van der Waals surface area (Å²) in [5.41, 5.74) is 0.916. The van der Waals surface area contributed by atoms with Crippen LogP contribution < -0.4 is 9.47 Å². The Morgan fingerprint density at radius 2 is 2.25 bits per heavy atom. The number of hydrogen-bond donors (Lipinski definition) is 0. The average Bonchev–Trinajstić information content (AvgIpc) is 2.97. The number of nitrogens with zero attached hydrogens (tertiary/aromatic N) is 4. The molecule has 0 N–H and O–H groups in total. The summed E-state index contributed by atoms with van der Waals surface area (Å²) in [6, 6.07) is 5.61. The molecule has 1 aliphatic heterocycles. The highest BCUT2D eigenvalue weighted by atomic mass is 16.7. The van der Waals surface area contributed by atoms with Crippen molar-refractivity contribution in [1.82, 2.24) is 14.9 Å². The van der Waals surface area contributed by atoms with E-state index in [9.17, 15) is 0 Å². The predicted molar refractivity (Wildman–Crippen MR) is 55.6 cm³/mol. The lowest BCUT2D eigenvalue weighted by Gasteiger charge is -1.96. The van der Waals surface area contributed by atoms with E-state index in [0.717, 1.165) is 17.1 Å². The Kier molecular flexibility index (Phi) is 2.03. The molecule has 1 aromatic carbocycles. The Hall–Kier alpha value is -2.37. The lowest BCUT2D eigenvalue weighted by atomic mass is 10.2. The average molecular weight is 216 g/mol. The Bertz CT molecular complexity index is 522. The summed E-state index contributed by atoms with van der Waals surface area (Å²) in [6.45, 7) is 0.277. The predicted octanol–water partition coefficient (Wildman–Crippen LogP) is 0.889. The fourth-order valence-corrected chi connectivity index (χ4v) is 1.38. The molecule has 0 amide bonds. The minimum Gasteiger partial charge on any atom is -0.454 e. The zero-order valence-electron chi connectivity index (χ0n) is 8.28. The van der Waals surface area contributed by atoms with Crippen molar-refractivity contribution in [3.05, 3.63) is 36.4 Å². The Balaban J connectivity index is 1.85. The van der Waals surface area contributed by atoms with E-state index in [2.05, 4.69) is 15.2 Å². The van der Waals surface area contributed by atoms with Gasteiger partial charge in [-0.25, -0.2) is 4.98 Å². The first-order valence-corrected chi connectivity index (χ1v) is 4.70. The third-order valence-corrected chi connectivity index (χ3v) is 2.13. The smallest absolute Gasteiger partial charge is 0.231 e. The minimum absolute atomic E-state index is 0.277. The van der Waals surface area contributed by atoms with Gasteiger partial charge in [-0.05, 0) is 23.8 Å². The molecular formula is C10H8N4O2. The highest BCUT2D eigenvalue weighted by Crippen LogP contribution is 2.31. The number of rotatable bonds is 2. The third kappa shape index (κ3) is 1.60. The Morgan fingerprint density at radius 1 is 1.31 bits per heavy atom. The van der Waals surface area contributed by atoms with Gasteiger partial charge in [0, 0.05) is 0 Å². The van der Waals surface area contributed by atoms with E-state index in [4.69, 9.17) is 9.47 Å². The van der Waals surface area contributed by atoms with Crippen molar-refractivity contribution in [2.24, 2.45) is 5.10 Å². The summed E-state index contributed by atoms with van der Waals surface area (Å²) >= 11 is 0. The van der Waals surface area contributed by atoms with Crippen LogP contribution >= 0.6 is 0 Å². The molecule has 1 aromatic heterocycles. The molecule has 3 rings (SSSR count). The molecule has 6 heteroatoms. The van der Waals surface area contributed by atoms with Crippen LogP contribution in [0.3, 0.4) is 0 Å². The summed E-state index contributed by atoms with van der Waals surface area (Å²) < 4.78 is 10.5. The highest BCUT2D eigenvalue weighted by molar-refractivity contribution is 5.80. The van der Waals surface area contributed by atoms with Gasteiger partial charge in [-0.15, -0.1) is 9.89 Å². The molecule has 80 valence electrons. The number of benzene rings is 1. The third-order valence-electron chi connectivity index (χ3n) is 2.13. The van der Waals surface area contributed by atoms with Gasteiger partial charge in [-0.2, -0.15) is 5.10 Å². The molecule has 16 heavy (non-hydrogen) atoms. The molecule has 0 fully saturated rings. The van der Waals surface area contributed by atoms with Gasteiger partial charge >= 0.3 is 0 Å². The van der Waals surface area contributed by atoms with Crippen LogP contribution in [-0.2, 0) is 0 Å². The van der Waals surface area contributed by atoms with Crippen molar-refractivity contribution >= 4 is 6.21 Å². The molecule has 0 saturated heterocycles. The standard InChI is InChI=1S/C10H8N4O2/c1-2-9-10(16-7-15-9)3-8(1)4-12-14-6-11-5-13-14/h1-6H,7H2/b12-4+. The summed E-state index contributed by atoms with van der Waals surface area (Å²) in [7, 11) is 0. The van der Waals surface area contributed by atoms with Crippen molar-refractivity contribution in [2.75, 3.05) is 6.79 Å². The van der Waals surface area contributed by atoms with Gasteiger partial charge in [-0.3, -0.25) is 0 Å². The van der Waals surface area contributed by atoms with Crippen LogP contribution in [-0.4, -0.2) is 27.9 Å². The summed E-state index contributed by atoms with van der Waals surface area (Å²) in [4.78, 5) is 5.17. The fourth-order valence-electron chi connectivity index (χ4n) is 1.38. The van der Waals surface area contributed by atoms with Crippen molar-refractivity contribution in [3.8, 4) is 11.5 Å². The molecule has 6 nitrogen and oxygen atoms in total. The van der Waals surface area contributed by atoms with E-state index in [1.165, 1.54) is 17.4 Å². The van der Waals surface area contributed by atoms with E-state index >= 15 is 0 Å². The molecule has 0 radical (unpaired) electrons. The number of ether oxygens (including phenoxy) is 2. The SMILES string of the molecule is C(=N\n1cncn1)/c1ccc2c(c1)OCO2. The summed E-state index contributed by atoms with van der Waals surface area (Å²) in [5.74, 6) is 1.50. The number of hydrogen-bond acceptors (Lipinski definition) is 5. The molecule has 0 atom stereocenters. The minimum atomic E-state index is 0.277. The summed E-state index contributed by atoms with van der Waals surface area (Å²) in [5, 5.41) is 7.94. The van der Waals surface area contributed by atoms with E-state index in [0.29, 0.717) is 0 Å². The molecule has 0 saturated carbocycles. The van der Waals surface area contributed by atoms with E-state index in [-0.39, 0.29) is 6.79 Å². The monoisotopic (exact) mass is 216 g/mol. The van der Waals surface area contributed by atoms with Crippen LogP contribution in [0.25, 0.3) is 0 Å². The lowest BCUT2D eigenvalue weighted by Crippen LogP contribution is -1.93. The van der Waals surface area contributed by atoms with Crippen molar-refractivity contribution < 1.29 is 9.47 Å². The molecular weight excluding hydrogens is 208 g/mol. The van der Waals surface area contributed by atoms with Crippen LogP contribution in [0.2, 0.25) is 0 Å². The number of aromatic nitrogens is 3. The molecule has 0 aliphatic carbocycles. The Labute approximate surface area is 91.1 Å². The molecule has 1 aliphatic rings. The molecule has 0 bridgehead atoms. The maximum atomic E-state index is 5.26. The maximum absolute atomic E-state index is 5.26. The van der Waals surface area contributed by atoms with Crippen molar-refractivity contribution in [2.45, 2.75) is 0 Å². The fraction of sp³-hybridized carbons (Fsp3) is 0.100. The van der Waals surface area contributed by atoms with Gasteiger partial charge < -0.3 is 9.47 Å². The van der Waals surface area contributed by atoms with Crippen molar-refractivity contribution in [1.29, 1.82) is 0 Å². The number of fused-ring (bicyclic) bond motifs is 1. The van der Waals surface area contributed by atoms with Crippen LogP contribution in [0.4, 0.5) is 0 Å². The van der Waals surface area contributed by atoms with Gasteiger partial charge in [0.1, 0.15) is 12.7 Å². The van der Waals surface area contributed by atoms with Gasteiger partial charge in [0.05, 0.1) is 6.21 Å². The second-order valence-electron chi connectivity index (χ2n) is 3.17.